The molecule has 1 fully saturated rings. The lowest BCUT2D eigenvalue weighted by Crippen LogP contribution is -2.28. The fourth-order valence-electron chi connectivity index (χ4n) is 2.38. The van der Waals surface area contributed by atoms with Gasteiger partial charge in [0.15, 0.2) is 0 Å². The molecule has 0 aliphatic carbocycles. The Morgan fingerprint density at radius 1 is 1.23 bits per heavy atom. The zero-order valence-corrected chi connectivity index (χ0v) is 13.3. The monoisotopic (exact) mass is 306 g/mol. The lowest BCUT2D eigenvalue weighted by atomic mass is 9.99. The topological polar surface area (TPSA) is 59.6 Å². The predicted octanol–water partition coefficient (Wildman–Crippen LogP) is 2.43. The Morgan fingerprint density at radius 3 is 2.64 bits per heavy atom. The van der Waals surface area contributed by atoms with E-state index >= 15 is 0 Å². The van der Waals surface area contributed by atoms with E-state index in [0.717, 1.165) is 43.8 Å². The van der Waals surface area contributed by atoms with E-state index in [1.165, 1.54) is 0 Å². The molecule has 1 aliphatic heterocycles. The van der Waals surface area contributed by atoms with Crippen LogP contribution in [0.5, 0.6) is 5.75 Å². The number of hydrogen-bond acceptors (Lipinski definition) is 4. The van der Waals surface area contributed by atoms with Gasteiger partial charge in [0.2, 0.25) is 5.91 Å². The van der Waals surface area contributed by atoms with Gasteiger partial charge in [-0.25, -0.2) is 0 Å². The van der Waals surface area contributed by atoms with Crippen LogP contribution >= 0.6 is 0 Å². The molecule has 0 saturated carbocycles. The minimum atomic E-state index is 0.0642. The molecule has 2 rings (SSSR count). The van der Waals surface area contributed by atoms with E-state index in [4.69, 9.17) is 9.47 Å². The van der Waals surface area contributed by atoms with Crippen LogP contribution in [0.3, 0.4) is 0 Å². The van der Waals surface area contributed by atoms with Crippen LogP contribution in [0.1, 0.15) is 26.2 Å². The van der Waals surface area contributed by atoms with Gasteiger partial charge in [0.05, 0.1) is 0 Å². The molecule has 0 bridgehead atoms. The summed E-state index contributed by atoms with van der Waals surface area (Å²) in [4.78, 5) is 12.1. The molecule has 2 N–H and O–H groups in total. The molecule has 122 valence electrons. The fourth-order valence-corrected chi connectivity index (χ4v) is 2.38. The second-order valence-corrected chi connectivity index (χ2v) is 5.50. The lowest BCUT2D eigenvalue weighted by Gasteiger charge is -2.21. The van der Waals surface area contributed by atoms with Gasteiger partial charge in [0.25, 0.3) is 0 Å². The average molecular weight is 306 g/mol. The maximum absolute atomic E-state index is 12.1. The van der Waals surface area contributed by atoms with E-state index in [0.29, 0.717) is 19.8 Å². The summed E-state index contributed by atoms with van der Waals surface area (Å²) in [6.07, 6.45) is 2.73. The standard InChI is InChI=1S/C17H26N2O3/c1-2-9-18-10-13-22-16-5-3-15(4-6-16)19-17(20)14-7-11-21-12-8-14/h3-6,14,18H,2,7-13H2,1H3,(H,19,20). The van der Waals surface area contributed by atoms with Crippen molar-refractivity contribution in [2.75, 3.05) is 38.2 Å². The van der Waals surface area contributed by atoms with Gasteiger partial charge in [-0.05, 0) is 50.1 Å². The molecule has 0 aromatic heterocycles. The number of rotatable bonds is 8. The third kappa shape index (κ3) is 5.66. The smallest absolute Gasteiger partial charge is 0.227 e. The van der Waals surface area contributed by atoms with Crippen LogP contribution in [0, 0.1) is 5.92 Å². The van der Waals surface area contributed by atoms with Gasteiger partial charge in [0, 0.05) is 31.4 Å². The first kappa shape index (κ1) is 16.8. The van der Waals surface area contributed by atoms with Gasteiger partial charge < -0.3 is 20.1 Å². The maximum Gasteiger partial charge on any atom is 0.227 e. The van der Waals surface area contributed by atoms with Crippen LogP contribution in [0.15, 0.2) is 24.3 Å². The summed E-state index contributed by atoms with van der Waals surface area (Å²) in [5.74, 6) is 0.970. The van der Waals surface area contributed by atoms with E-state index in [1.807, 2.05) is 24.3 Å². The highest BCUT2D eigenvalue weighted by atomic mass is 16.5. The van der Waals surface area contributed by atoms with Crippen molar-refractivity contribution < 1.29 is 14.3 Å². The molecule has 1 aromatic rings. The number of amides is 1. The maximum atomic E-state index is 12.1. The largest absolute Gasteiger partial charge is 0.492 e. The third-order valence-electron chi connectivity index (χ3n) is 3.69. The minimum absolute atomic E-state index is 0.0642. The Balaban J connectivity index is 1.72. The molecule has 1 aromatic carbocycles. The quantitative estimate of drug-likeness (QED) is 0.724. The Bertz CT molecular complexity index is 442. The van der Waals surface area contributed by atoms with Crippen molar-refractivity contribution in [3.8, 4) is 5.75 Å². The Hall–Kier alpha value is -1.59. The normalized spacial score (nSPS) is 15.5. The summed E-state index contributed by atoms with van der Waals surface area (Å²) in [6, 6.07) is 7.54. The van der Waals surface area contributed by atoms with E-state index in [1.54, 1.807) is 0 Å². The molecular weight excluding hydrogens is 280 g/mol. The molecule has 5 nitrogen and oxygen atoms in total. The van der Waals surface area contributed by atoms with Gasteiger partial charge in [-0.2, -0.15) is 0 Å². The number of benzene rings is 1. The lowest BCUT2D eigenvalue weighted by molar-refractivity contribution is -0.122. The number of carbonyl (C=O) groups is 1. The average Bonchev–Trinajstić information content (AvgIpc) is 2.57. The fraction of sp³-hybridized carbons (Fsp3) is 0.588. The minimum Gasteiger partial charge on any atom is -0.492 e. The van der Waals surface area contributed by atoms with Crippen LogP contribution < -0.4 is 15.4 Å². The number of hydrogen-bond donors (Lipinski definition) is 2. The zero-order valence-electron chi connectivity index (χ0n) is 13.3. The van der Waals surface area contributed by atoms with Crippen molar-refractivity contribution in [1.82, 2.24) is 5.32 Å². The highest BCUT2D eigenvalue weighted by molar-refractivity contribution is 5.92. The van der Waals surface area contributed by atoms with Crippen LogP contribution in [0.2, 0.25) is 0 Å². The highest BCUT2D eigenvalue weighted by Crippen LogP contribution is 2.19. The first-order valence-electron chi connectivity index (χ1n) is 8.12. The number of carbonyl (C=O) groups excluding carboxylic acids is 1. The van der Waals surface area contributed by atoms with E-state index in [-0.39, 0.29) is 11.8 Å². The Kier molecular flexibility index (Phi) is 7.19. The first-order valence-corrected chi connectivity index (χ1v) is 8.12. The van der Waals surface area contributed by atoms with Crippen LogP contribution in [-0.4, -0.2) is 38.8 Å². The molecular formula is C17H26N2O3. The van der Waals surface area contributed by atoms with Crippen LogP contribution in [0.25, 0.3) is 0 Å². The number of nitrogens with one attached hydrogen (secondary N) is 2. The van der Waals surface area contributed by atoms with Gasteiger partial charge in [0.1, 0.15) is 12.4 Å². The van der Waals surface area contributed by atoms with Crippen molar-refractivity contribution in [2.45, 2.75) is 26.2 Å². The molecule has 1 aliphatic rings. The zero-order chi connectivity index (χ0) is 15.6. The summed E-state index contributed by atoms with van der Waals surface area (Å²) in [7, 11) is 0. The summed E-state index contributed by atoms with van der Waals surface area (Å²) in [5.41, 5.74) is 0.813. The van der Waals surface area contributed by atoms with Gasteiger partial charge >= 0.3 is 0 Å². The molecule has 0 atom stereocenters. The molecule has 0 spiro atoms. The summed E-state index contributed by atoms with van der Waals surface area (Å²) >= 11 is 0. The van der Waals surface area contributed by atoms with E-state index < -0.39 is 0 Å². The van der Waals surface area contributed by atoms with E-state index in [2.05, 4.69) is 17.6 Å². The Morgan fingerprint density at radius 2 is 1.95 bits per heavy atom. The van der Waals surface area contributed by atoms with Gasteiger partial charge in [-0.1, -0.05) is 6.92 Å². The second kappa shape index (κ2) is 9.43. The molecule has 5 heteroatoms. The van der Waals surface area contributed by atoms with E-state index in [9.17, 15) is 4.79 Å². The molecule has 1 amide bonds. The van der Waals surface area contributed by atoms with Crippen molar-refractivity contribution in [3.05, 3.63) is 24.3 Å². The molecule has 22 heavy (non-hydrogen) atoms. The summed E-state index contributed by atoms with van der Waals surface area (Å²) in [6.45, 7) is 6.00. The van der Waals surface area contributed by atoms with Crippen molar-refractivity contribution in [2.24, 2.45) is 5.92 Å². The number of ether oxygens (including phenoxy) is 2. The van der Waals surface area contributed by atoms with Gasteiger partial charge in [-0.15, -0.1) is 0 Å². The molecule has 0 unspecified atom stereocenters. The highest BCUT2D eigenvalue weighted by Gasteiger charge is 2.21. The van der Waals surface area contributed by atoms with Crippen molar-refractivity contribution in [1.29, 1.82) is 0 Å². The van der Waals surface area contributed by atoms with Crippen molar-refractivity contribution >= 4 is 11.6 Å². The second-order valence-electron chi connectivity index (χ2n) is 5.50. The number of anilines is 1. The Labute approximate surface area is 132 Å². The van der Waals surface area contributed by atoms with Crippen molar-refractivity contribution in [3.63, 3.8) is 0 Å². The molecule has 1 heterocycles. The van der Waals surface area contributed by atoms with Crippen LogP contribution in [-0.2, 0) is 9.53 Å². The molecule has 1 saturated heterocycles. The predicted molar refractivity (Wildman–Crippen MR) is 87.3 cm³/mol. The third-order valence-corrected chi connectivity index (χ3v) is 3.69. The first-order chi connectivity index (χ1) is 10.8. The molecule has 0 radical (unpaired) electrons. The van der Waals surface area contributed by atoms with Crippen LogP contribution in [0.4, 0.5) is 5.69 Å². The summed E-state index contributed by atoms with van der Waals surface area (Å²) in [5, 5.41) is 6.25. The SMILES string of the molecule is CCCNCCOc1ccc(NC(=O)C2CCOCC2)cc1. The summed E-state index contributed by atoms with van der Waals surface area (Å²) < 4.78 is 10.9. The van der Waals surface area contributed by atoms with Gasteiger partial charge in [-0.3, -0.25) is 4.79 Å².